The van der Waals surface area contributed by atoms with Gasteiger partial charge in [0.15, 0.2) is 0 Å². The molecule has 5 nitrogen and oxygen atoms in total. The van der Waals surface area contributed by atoms with Crippen LogP contribution in [0.1, 0.15) is 70.8 Å². The molecule has 3 N–H and O–H groups in total. The van der Waals surface area contributed by atoms with Gasteiger partial charge in [-0.15, -0.1) is 0 Å². The topological polar surface area (TPSA) is 73.6 Å². The standard InChI is InChI=1S/C26H37FN2O3/c1-24(2)8-7-21(18-32-24)29-23(30)26-12-9-25(10-13-26,11-14-26)20-3-5-22(6-4-20)31-17-19(15-27)16-28/h3-6,15,21H,7-14,16-18,28H2,1-2H3,(H,29,30)/b19-15+. The highest BCUT2D eigenvalue weighted by Crippen LogP contribution is 2.58. The highest BCUT2D eigenvalue weighted by molar-refractivity contribution is 5.83. The third-order valence-electron chi connectivity index (χ3n) is 8.14. The van der Waals surface area contributed by atoms with E-state index in [4.69, 9.17) is 15.2 Å². The Morgan fingerprint density at radius 3 is 2.34 bits per heavy atom. The number of carbonyl (C=O) groups excluding carboxylic acids is 1. The van der Waals surface area contributed by atoms with Crippen molar-refractivity contribution in [3.05, 3.63) is 41.7 Å². The third-order valence-corrected chi connectivity index (χ3v) is 8.14. The number of halogens is 1. The number of benzene rings is 1. The number of nitrogens with two attached hydrogens (primary N) is 1. The van der Waals surface area contributed by atoms with Crippen molar-refractivity contribution in [2.75, 3.05) is 19.8 Å². The van der Waals surface area contributed by atoms with Gasteiger partial charge in [-0.05, 0) is 88.3 Å². The van der Waals surface area contributed by atoms with Crippen LogP contribution in [0.4, 0.5) is 4.39 Å². The summed E-state index contributed by atoms with van der Waals surface area (Å²) >= 11 is 0. The van der Waals surface area contributed by atoms with E-state index in [9.17, 15) is 9.18 Å². The Kier molecular flexibility index (Phi) is 6.64. The number of fused-ring (bicyclic) bond motifs is 3. The molecular weight excluding hydrogens is 407 g/mol. The average molecular weight is 445 g/mol. The average Bonchev–Trinajstić information content (AvgIpc) is 2.82. The van der Waals surface area contributed by atoms with Crippen molar-refractivity contribution in [3.63, 3.8) is 0 Å². The van der Waals surface area contributed by atoms with Crippen molar-refractivity contribution in [1.82, 2.24) is 5.32 Å². The lowest BCUT2D eigenvalue weighted by molar-refractivity contribution is -0.141. The zero-order valence-corrected chi connectivity index (χ0v) is 19.4. The molecule has 1 heterocycles. The van der Waals surface area contributed by atoms with Crippen LogP contribution in [0.2, 0.25) is 0 Å². The van der Waals surface area contributed by atoms with Crippen molar-refractivity contribution in [1.29, 1.82) is 0 Å². The normalized spacial score (nSPS) is 31.9. The molecule has 4 fully saturated rings. The number of rotatable bonds is 7. The van der Waals surface area contributed by atoms with Crippen LogP contribution >= 0.6 is 0 Å². The Hall–Kier alpha value is -1.92. The van der Waals surface area contributed by atoms with Crippen molar-refractivity contribution in [3.8, 4) is 5.75 Å². The molecule has 2 bridgehead atoms. The minimum absolute atomic E-state index is 0.0773. The zero-order valence-electron chi connectivity index (χ0n) is 19.4. The monoisotopic (exact) mass is 444 g/mol. The smallest absolute Gasteiger partial charge is 0.226 e. The first-order valence-corrected chi connectivity index (χ1v) is 12.0. The molecule has 1 amide bonds. The summed E-state index contributed by atoms with van der Waals surface area (Å²) in [7, 11) is 0. The molecule has 32 heavy (non-hydrogen) atoms. The maximum atomic E-state index is 13.2. The fraction of sp³-hybridized carbons (Fsp3) is 0.654. The molecule has 176 valence electrons. The van der Waals surface area contributed by atoms with E-state index < -0.39 is 0 Å². The maximum Gasteiger partial charge on any atom is 0.226 e. The van der Waals surface area contributed by atoms with E-state index in [0.29, 0.717) is 18.5 Å². The summed E-state index contributed by atoms with van der Waals surface area (Å²) in [5, 5.41) is 3.31. The molecule has 4 aliphatic rings. The van der Waals surface area contributed by atoms with Crippen molar-refractivity contribution in [2.45, 2.75) is 82.3 Å². The van der Waals surface area contributed by atoms with Gasteiger partial charge in [0.05, 0.1) is 24.6 Å². The summed E-state index contributed by atoms with van der Waals surface area (Å²) in [4.78, 5) is 13.2. The van der Waals surface area contributed by atoms with Crippen LogP contribution in [0.15, 0.2) is 36.2 Å². The summed E-state index contributed by atoms with van der Waals surface area (Å²) in [6.07, 6.45) is 8.42. The largest absolute Gasteiger partial charge is 0.489 e. The summed E-state index contributed by atoms with van der Waals surface area (Å²) in [6.45, 7) is 5.16. The van der Waals surface area contributed by atoms with E-state index in [1.807, 2.05) is 12.1 Å². The van der Waals surface area contributed by atoms with Crippen LogP contribution in [-0.2, 0) is 14.9 Å². The van der Waals surface area contributed by atoms with E-state index in [0.717, 1.165) is 57.1 Å². The van der Waals surface area contributed by atoms with E-state index in [1.165, 1.54) is 5.56 Å². The second-order valence-electron chi connectivity index (χ2n) is 10.6. The molecule has 1 saturated heterocycles. The molecule has 1 aliphatic heterocycles. The Bertz CT molecular complexity index is 815. The zero-order chi connectivity index (χ0) is 22.8. The van der Waals surface area contributed by atoms with Gasteiger partial charge in [0.25, 0.3) is 0 Å². The molecule has 5 rings (SSSR count). The van der Waals surface area contributed by atoms with E-state index in [-0.39, 0.29) is 41.5 Å². The second-order valence-corrected chi connectivity index (χ2v) is 10.6. The van der Waals surface area contributed by atoms with Gasteiger partial charge in [0, 0.05) is 17.5 Å². The molecular formula is C26H37FN2O3. The molecule has 1 atom stereocenters. The van der Waals surface area contributed by atoms with Gasteiger partial charge in [-0.3, -0.25) is 4.79 Å². The van der Waals surface area contributed by atoms with Gasteiger partial charge in [-0.25, -0.2) is 4.39 Å². The number of amides is 1. The molecule has 0 aromatic heterocycles. The fourth-order valence-corrected chi connectivity index (χ4v) is 5.63. The lowest BCUT2D eigenvalue weighted by atomic mass is 9.51. The Labute approximate surface area is 190 Å². The quantitative estimate of drug-likeness (QED) is 0.647. The molecule has 1 unspecified atom stereocenters. The van der Waals surface area contributed by atoms with Gasteiger partial charge in [-0.2, -0.15) is 0 Å². The van der Waals surface area contributed by atoms with Crippen molar-refractivity contribution >= 4 is 5.91 Å². The first-order chi connectivity index (χ1) is 15.3. The second kappa shape index (κ2) is 9.14. The predicted molar refractivity (Wildman–Crippen MR) is 123 cm³/mol. The highest BCUT2D eigenvalue weighted by atomic mass is 19.1. The maximum absolute atomic E-state index is 13.2. The molecule has 0 spiro atoms. The number of hydrogen-bond acceptors (Lipinski definition) is 4. The fourth-order valence-electron chi connectivity index (χ4n) is 5.63. The molecule has 6 heteroatoms. The van der Waals surface area contributed by atoms with E-state index in [1.54, 1.807) is 0 Å². The molecule has 3 aliphatic carbocycles. The van der Waals surface area contributed by atoms with Crippen LogP contribution in [0, 0.1) is 5.41 Å². The lowest BCUT2D eigenvalue weighted by Gasteiger charge is -2.53. The van der Waals surface area contributed by atoms with Crippen molar-refractivity contribution < 1.29 is 18.7 Å². The van der Waals surface area contributed by atoms with Gasteiger partial charge < -0.3 is 20.5 Å². The first kappa shape index (κ1) is 23.2. The number of hydrogen-bond donors (Lipinski definition) is 2. The van der Waals surface area contributed by atoms with Crippen LogP contribution < -0.4 is 15.8 Å². The molecule has 1 aromatic rings. The minimum atomic E-state index is -0.213. The Morgan fingerprint density at radius 2 is 1.81 bits per heavy atom. The summed E-state index contributed by atoms with van der Waals surface area (Å²) in [5.41, 5.74) is 7.10. The van der Waals surface area contributed by atoms with Crippen LogP contribution in [-0.4, -0.2) is 37.3 Å². The molecule has 0 radical (unpaired) electrons. The van der Waals surface area contributed by atoms with Crippen LogP contribution in [0.3, 0.4) is 0 Å². The Morgan fingerprint density at radius 1 is 1.16 bits per heavy atom. The summed E-state index contributed by atoms with van der Waals surface area (Å²) < 4.78 is 24.2. The highest BCUT2D eigenvalue weighted by Gasteiger charge is 2.53. The third kappa shape index (κ3) is 4.72. The predicted octanol–water partition coefficient (Wildman–Crippen LogP) is 4.54. The minimum Gasteiger partial charge on any atom is -0.489 e. The van der Waals surface area contributed by atoms with Crippen LogP contribution in [0.5, 0.6) is 5.75 Å². The van der Waals surface area contributed by atoms with E-state index in [2.05, 4.69) is 31.3 Å². The van der Waals surface area contributed by atoms with Gasteiger partial charge in [0.2, 0.25) is 5.91 Å². The summed E-state index contributed by atoms with van der Waals surface area (Å²) in [5.74, 6) is 0.954. The van der Waals surface area contributed by atoms with Gasteiger partial charge in [0.1, 0.15) is 12.4 Å². The number of nitrogens with one attached hydrogen (secondary N) is 1. The van der Waals surface area contributed by atoms with Crippen LogP contribution in [0.25, 0.3) is 0 Å². The van der Waals surface area contributed by atoms with E-state index >= 15 is 0 Å². The molecule has 1 aromatic carbocycles. The van der Waals surface area contributed by atoms with Gasteiger partial charge >= 0.3 is 0 Å². The lowest BCUT2D eigenvalue weighted by Crippen LogP contribution is -2.55. The van der Waals surface area contributed by atoms with Gasteiger partial charge in [-0.1, -0.05) is 12.1 Å². The Balaban J connectivity index is 1.34. The summed E-state index contributed by atoms with van der Waals surface area (Å²) in [6, 6.07) is 8.33. The number of carbonyl (C=O) groups is 1. The SMILES string of the molecule is CC1(C)CCC(NC(=O)C23CCC(c4ccc(OC/C(=C/F)CN)cc4)(CC2)CC3)CO1. The first-order valence-electron chi connectivity index (χ1n) is 12.0. The molecule has 3 saturated carbocycles. The van der Waals surface area contributed by atoms with Crippen molar-refractivity contribution in [2.24, 2.45) is 11.1 Å². The number of ether oxygens (including phenoxy) is 2.